The smallest absolute Gasteiger partial charge is 0.261 e. The van der Waals surface area contributed by atoms with Gasteiger partial charge in [-0.15, -0.1) is 0 Å². The molecule has 2 amide bonds. The van der Waals surface area contributed by atoms with E-state index >= 15 is 0 Å². The van der Waals surface area contributed by atoms with Crippen molar-refractivity contribution in [1.29, 1.82) is 0 Å². The molecule has 2 aromatic rings. The first-order chi connectivity index (χ1) is 14.6. The van der Waals surface area contributed by atoms with Crippen molar-refractivity contribution >= 4 is 11.8 Å². The zero-order valence-electron chi connectivity index (χ0n) is 17.7. The second kappa shape index (κ2) is 9.33. The van der Waals surface area contributed by atoms with Crippen LogP contribution in [0, 0.1) is 0 Å². The largest absolute Gasteiger partial charge is 0.481 e. The summed E-state index contributed by atoms with van der Waals surface area (Å²) in [4.78, 5) is 26.1. The average molecular weight is 407 g/mol. The molecule has 0 unspecified atom stereocenters. The normalized spacial score (nSPS) is 16.8. The van der Waals surface area contributed by atoms with E-state index in [1.165, 1.54) is 24.0 Å². The van der Waals surface area contributed by atoms with Crippen LogP contribution in [0.3, 0.4) is 0 Å². The van der Waals surface area contributed by atoms with Crippen LogP contribution in [-0.4, -0.2) is 29.4 Å². The molecule has 1 aliphatic carbocycles. The molecule has 1 saturated heterocycles. The van der Waals surface area contributed by atoms with Crippen LogP contribution in [0.25, 0.3) is 0 Å². The highest BCUT2D eigenvalue weighted by molar-refractivity contribution is 5.80. The standard InChI is InChI=1S/C25H30N2O3/c1-18(30-23-13-12-21-5-2-3-6-22(21)15-23)25(29)26-16-19-8-10-20(11-9-19)17-27-14-4-7-24(27)28/h8-13,15,18H,2-7,14,16-17H2,1H3,(H,26,29)/t18-/m1/s1. The summed E-state index contributed by atoms with van der Waals surface area (Å²) in [5.41, 5.74) is 4.90. The molecule has 0 radical (unpaired) electrons. The number of benzene rings is 2. The molecule has 30 heavy (non-hydrogen) atoms. The lowest BCUT2D eigenvalue weighted by atomic mass is 9.92. The fraction of sp³-hybridized carbons (Fsp3) is 0.440. The minimum Gasteiger partial charge on any atom is -0.481 e. The zero-order valence-corrected chi connectivity index (χ0v) is 17.7. The molecule has 1 aliphatic heterocycles. The summed E-state index contributed by atoms with van der Waals surface area (Å²) < 4.78 is 5.88. The number of nitrogens with zero attached hydrogens (tertiary/aromatic N) is 1. The maximum absolute atomic E-state index is 12.5. The molecule has 1 fully saturated rings. The van der Waals surface area contributed by atoms with E-state index in [4.69, 9.17) is 4.74 Å². The predicted molar refractivity (Wildman–Crippen MR) is 116 cm³/mol. The Morgan fingerprint density at radius 1 is 1.00 bits per heavy atom. The highest BCUT2D eigenvalue weighted by Gasteiger charge is 2.20. The van der Waals surface area contributed by atoms with E-state index < -0.39 is 6.10 Å². The number of carbonyl (C=O) groups is 2. The number of amides is 2. The number of aryl methyl sites for hydroxylation is 2. The molecule has 2 aromatic carbocycles. The number of likely N-dealkylation sites (tertiary alicyclic amines) is 1. The van der Waals surface area contributed by atoms with Crippen LogP contribution in [0.4, 0.5) is 0 Å². The maximum Gasteiger partial charge on any atom is 0.261 e. The van der Waals surface area contributed by atoms with Crippen molar-refractivity contribution in [3.8, 4) is 5.75 Å². The maximum atomic E-state index is 12.5. The van der Waals surface area contributed by atoms with E-state index in [0.29, 0.717) is 19.5 Å². The summed E-state index contributed by atoms with van der Waals surface area (Å²) >= 11 is 0. The molecule has 4 rings (SSSR count). The quantitative estimate of drug-likeness (QED) is 0.761. The lowest BCUT2D eigenvalue weighted by Crippen LogP contribution is -2.35. The second-order valence-corrected chi connectivity index (χ2v) is 8.35. The van der Waals surface area contributed by atoms with Crippen LogP contribution >= 0.6 is 0 Å². The third-order valence-electron chi connectivity index (χ3n) is 6.04. The monoisotopic (exact) mass is 406 g/mol. The van der Waals surface area contributed by atoms with Crippen LogP contribution in [0.5, 0.6) is 5.75 Å². The van der Waals surface area contributed by atoms with Gasteiger partial charge < -0.3 is 15.0 Å². The molecule has 1 atom stereocenters. The van der Waals surface area contributed by atoms with Gasteiger partial charge in [0.05, 0.1) is 0 Å². The third-order valence-corrected chi connectivity index (χ3v) is 6.04. The van der Waals surface area contributed by atoms with Crippen molar-refractivity contribution in [1.82, 2.24) is 10.2 Å². The van der Waals surface area contributed by atoms with E-state index in [1.807, 2.05) is 35.2 Å². The molecule has 5 nitrogen and oxygen atoms in total. The van der Waals surface area contributed by atoms with E-state index in [-0.39, 0.29) is 11.8 Å². The summed E-state index contributed by atoms with van der Waals surface area (Å²) in [6.45, 7) is 3.75. The van der Waals surface area contributed by atoms with Crippen LogP contribution in [0.15, 0.2) is 42.5 Å². The van der Waals surface area contributed by atoms with Gasteiger partial charge in [0.1, 0.15) is 5.75 Å². The van der Waals surface area contributed by atoms with Gasteiger partial charge in [0, 0.05) is 26.1 Å². The number of ether oxygens (including phenoxy) is 1. The predicted octanol–water partition coefficient (Wildman–Crippen LogP) is 3.77. The third kappa shape index (κ3) is 5.02. The van der Waals surface area contributed by atoms with Gasteiger partial charge in [-0.1, -0.05) is 30.3 Å². The Morgan fingerprint density at radius 2 is 1.73 bits per heavy atom. The summed E-state index contributed by atoms with van der Waals surface area (Å²) in [6, 6.07) is 14.3. The molecule has 2 aliphatic rings. The van der Waals surface area contributed by atoms with Gasteiger partial charge in [-0.25, -0.2) is 0 Å². The van der Waals surface area contributed by atoms with Gasteiger partial charge in [0.2, 0.25) is 5.91 Å². The summed E-state index contributed by atoms with van der Waals surface area (Å²) in [7, 11) is 0. The Kier molecular flexibility index (Phi) is 6.36. The summed E-state index contributed by atoms with van der Waals surface area (Å²) in [5.74, 6) is 0.873. The lowest BCUT2D eigenvalue weighted by molar-refractivity contribution is -0.128. The minimum absolute atomic E-state index is 0.125. The van der Waals surface area contributed by atoms with Crippen molar-refractivity contribution in [2.24, 2.45) is 0 Å². The molecule has 5 heteroatoms. The van der Waals surface area contributed by atoms with E-state index in [9.17, 15) is 9.59 Å². The Bertz CT molecular complexity index is 907. The van der Waals surface area contributed by atoms with Crippen LogP contribution in [-0.2, 0) is 35.5 Å². The van der Waals surface area contributed by atoms with Gasteiger partial charge in [0.15, 0.2) is 6.10 Å². The summed E-state index contributed by atoms with van der Waals surface area (Å²) in [6.07, 6.45) is 5.77. The lowest BCUT2D eigenvalue weighted by Gasteiger charge is -2.19. The van der Waals surface area contributed by atoms with E-state index in [2.05, 4.69) is 17.4 Å². The number of fused-ring (bicyclic) bond motifs is 1. The Morgan fingerprint density at radius 3 is 2.47 bits per heavy atom. The Hall–Kier alpha value is -2.82. The van der Waals surface area contributed by atoms with E-state index in [1.54, 1.807) is 6.92 Å². The number of carbonyl (C=O) groups excluding carboxylic acids is 2. The number of hydrogen-bond acceptors (Lipinski definition) is 3. The first-order valence-corrected chi connectivity index (χ1v) is 11.0. The Balaban J connectivity index is 1.26. The highest BCUT2D eigenvalue weighted by atomic mass is 16.5. The van der Waals surface area contributed by atoms with Gasteiger partial charge >= 0.3 is 0 Å². The molecule has 1 N–H and O–H groups in total. The molecule has 0 bridgehead atoms. The van der Waals surface area contributed by atoms with Crippen molar-refractivity contribution in [2.75, 3.05) is 6.54 Å². The van der Waals surface area contributed by atoms with Crippen LogP contribution in [0.1, 0.15) is 54.9 Å². The zero-order chi connectivity index (χ0) is 20.9. The summed E-state index contributed by atoms with van der Waals surface area (Å²) in [5, 5.41) is 2.95. The molecular formula is C25H30N2O3. The molecule has 0 spiro atoms. The Labute approximate surface area is 178 Å². The number of rotatable bonds is 7. The van der Waals surface area contributed by atoms with E-state index in [0.717, 1.165) is 42.7 Å². The number of nitrogens with one attached hydrogen (secondary N) is 1. The second-order valence-electron chi connectivity index (χ2n) is 8.35. The number of hydrogen-bond donors (Lipinski definition) is 1. The van der Waals surface area contributed by atoms with Crippen molar-refractivity contribution in [3.63, 3.8) is 0 Å². The molecule has 1 heterocycles. The topological polar surface area (TPSA) is 58.6 Å². The SMILES string of the molecule is C[C@@H](Oc1ccc2c(c1)CCCC2)C(=O)NCc1ccc(CN2CCCC2=O)cc1. The van der Waals surface area contributed by atoms with Gasteiger partial charge in [-0.05, 0) is 73.4 Å². The fourth-order valence-electron chi connectivity index (χ4n) is 4.23. The van der Waals surface area contributed by atoms with Crippen molar-refractivity contribution in [3.05, 3.63) is 64.7 Å². The molecular weight excluding hydrogens is 376 g/mol. The first kappa shape index (κ1) is 20.5. The van der Waals surface area contributed by atoms with Crippen LogP contribution < -0.4 is 10.1 Å². The first-order valence-electron chi connectivity index (χ1n) is 11.0. The van der Waals surface area contributed by atoms with Crippen molar-refractivity contribution in [2.45, 2.75) is 64.6 Å². The highest BCUT2D eigenvalue weighted by Crippen LogP contribution is 2.26. The van der Waals surface area contributed by atoms with Crippen LogP contribution in [0.2, 0.25) is 0 Å². The molecule has 158 valence electrons. The molecule has 0 aromatic heterocycles. The van der Waals surface area contributed by atoms with Crippen molar-refractivity contribution < 1.29 is 14.3 Å². The fourth-order valence-corrected chi connectivity index (χ4v) is 4.23. The molecule has 0 saturated carbocycles. The van der Waals surface area contributed by atoms with Gasteiger partial charge in [0.25, 0.3) is 5.91 Å². The average Bonchev–Trinajstić information content (AvgIpc) is 3.17. The minimum atomic E-state index is -0.549. The van der Waals surface area contributed by atoms with Gasteiger partial charge in [-0.2, -0.15) is 0 Å². The van der Waals surface area contributed by atoms with Gasteiger partial charge in [-0.3, -0.25) is 9.59 Å².